The Balaban J connectivity index is 1.37. The molecule has 3 heterocycles. The summed E-state index contributed by atoms with van der Waals surface area (Å²) in [5.41, 5.74) is 2.88. The molecule has 1 fully saturated rings. The Hall–Kier alpha value is -3.37. The van der Waals surface area contributed by atoms with Crippen LogP contribution < -0.4 is 15.5 Å². The minimum Gasteiger partial charge on any atom is -0.372 e. The van der Waals surface area contributed by atoms with Crippen LogP contribution in [-0.2, 0) is 14.9 Å². The van der Waals surface area contributed by atoms with Gasteiger partial charge in [-0.3, -0.25) is 14.6 Å². The number of amides is 2. The van der Waals surface area contributed by atoms with E-state index in [1.807, 2.05) is 38.3 Å². The minimum absolute atomic E-state index is 0.145. The first-order chi connectivity index (χ1) is 17.5. The van der Waals surface area contributed by atoms with E-state index in [-0.39, 0.29) is 29.7 Å². The zero-order valence-electron chi connectivity index (χ0n) is 21.7. The van der Waals surface area contributed by atoms with Crippen molar-refractivity contribution < 1.29 is 18.7 Å². The van der Waals surface area contributed by atoms with Crippen LogP contribution in [0.3, 0.4) is 0 Å². The number of pyridine rings is 1. The van der Waals surface area contributed by atoms with Crippen LogP contribution in [0, 0.1) is 5.82 Å². The number of thiazole rings is 1. The number of rotatable bonds is 6. The van der Waals surface area contributed by atoms with Crippen LogP contribution in [0.2, 0.25) is 0 Å². The molecule has 3 aromatic rings. The Morgan fingerprint density at radius 3 is 2.62 bits per heavy atom. The molecule has 2 aromatic heterocycles. The first kappa shape index (κ1) is 26.7. The Morgan fingerprint density at radius 2 is 1.92 bits per heavy atom. The molecule has 0 unspecified atom stereocenters. The van der Waals surface area contributed by atoms with Gasteiger partial charge < -0.3 is 20.3 Å². The zero-order chi connectivity index (χ0) is 26.7. The van der Waals surface area contributed by atoms with Crippen molar-refractivity contribution in [2.24, 2.45) is 0 Å². The molecule has 1 aliphatic rings. The molecule has 10 heteroatoms. The van der Waals surface area contributed by atoms with Gasteiger partial charge in [-0.25, -0.2) is 9.37 Å². The van der Waals surface area contributed by atoms with Crippen molar-refractivity contribution in [2.45, 2.75) is 52.2 Å². The summed E-state index contributed by atoms with van der Waals surface area (Å²) in [6.45, 7) is 11.2. The van der Waals surface area contributed by atoms with Gasteiger partial charge in [-0.05, 0) is 32.0 Å². The summed E-state index contributed by atoms with van der Waals surface area (Å²) >= 11 is 1.30. The Kier molecular flexibility index (Phi) is 7.89. The van der Waals surface area contributed by atoms with E-state index in [0.717, 1.165) is 36.2 Å². The smallest absolute Gasteiger partial charge is 0.254 e. The number of aromatic nitrogens is 2. The highest BCUT2D eigenvalue weighted by Gasteiger charge is 2.23. The highest BCUT2D eigenvalue weighted by molar-refractivity contribution is 7.14. The van der Waals surface area contributed by atoms with E-state index in [1.54, 1.807) is 0 Å². The van der Waals surface area contributed by atoms with Gasteiger partial charge in [0, 0.05) is 40.8 Å². The second kappa shape index (κ2) is 10.9. The molecular weight excluding hydrogens is 493 g/mol. The van der Waals surface area contributed by atoms with E-state index >= 15 is 0 Å². The Morgan fingerprint density at radius 1 is 1.19 bits per heavy atom. The predicted molar refractivity (Wildman–Crippen MR) is 144 cm³/mol. The summed E-state index contributed by atoms with van der Waals surface area (Å²) < 4.78 is 20.0. The van der Waals surface area contributed by atoms with Crippen molar-refractivity contribution >= 4 is 34.0 Å². The number of hydrogen-bond donors (Lipinski definition) is 2. The maximum absolute atomic E-state index is 14.2. The standard InChI is InChI=1S/C27H32FN5O3S/c1-16-13-33(14-17(2)36-16)19-8-6-7-18(9-19)22-15-37-26(31-22)32-24(34)12-30-25(35)20-10-23(27(3,4)5)29-11-21(20)28/h6-11,15-17H,12-14H2,1-5H3,(H,30,35)(H,31,32,34)/t16-,17+. The average molecular weight is 526 g/mol. The van der Waals surface area contributed by atoms with Crippen molar-refractivity contribution in [1.82, 2.24) is 15.3 Å². The first-order valence-corrected chi connectivity index (χ1v) is 13.1. The van der Waals surface area contributed by atoms with Crippen molar-refractivity contribution in [1.29, 1.82) is 0 Å². The van der Waals surface area contributed by atoms with Crippen molar-refractivity contribution in [3.8, 4) is 11.3 Å². The number of nitrogens with zero attached hydrogens (tertiary/aromatic N) is 3. The summed E-state index contributed by atoms with van der Waals surface area (Å²) in [6, 6.07) is 9.55. The largest absolute Gasteiger partial charge is 0.372 e. The number of morpholine rings is 1. The van der Waals surface area contributed by atoms with E-state index in [9.17, 15) is 14.0 Å². The van der Waals surface area contributed by atoms with Crippen LogP contribution in [0.25, 0.3) is 11.3 Å². The molecule has 8 nitrogen and oxygen atoms in total. The van der Waals surface area contributed by atoms with Crippen LogP contribution in [-0.4, -0.2) is 53.6 Å². The van der Waals surface area contributed by atoms with Gasteiger partial charge in [0.1, 0.15) is 0 Å². The number of nitrogens with one attached hydrogen (secondary N) is 2. The van der Waals surface area contributed by atoms with Gasteiger partial charge in [0.05, 0.1) is 36.2 Å². The lowest BCUT2D eigenvalue weighted by Gasteiger charge is -2.37. The molecular formula is C27H32FN5O3S. The number of hydrogen-bond acceptors (Lipinski definition) is 7. The fraction of sp³-hybridized carbons (Fsp3) is 0.407. The third-order valence-corrected chi connectivity index (χ3v) is 6.71. The molecule has 1 aliphatic heterocycles. The number of benzene rings is 1. The van der Waals surface area contributed by atoms with Gasteiger partial charge >= 0.3 is 0 Å². The third kappa shape index (κ3) is 6.69. The second-order valence-corrected chi connectivity index (χ2v) is 11.1. The number of halogens is 1. The summed E-state index contributed by atoms with van der Waals surface area (Å²) in [4.78, 5) is 35.9. The van der Waals surface area contributed by atoms with Gasteiger partial charge in [-0.15, -0.1) is 11.3 Å². The topological polar surface area (TPSA) is 96.5 Å². The van der Waals surface area contributed by atoms with Crippen LogP contribution in [0.15, 0.2) is 41.9 Å². The number of carbonyl (C=O) groups excluding carboxylic acids is 2. The molecule has 2 N–H and O–H groups in total. The molecule has 2 amide bonds. The molecule has 37 heavy (non-hydrogen) atoms. The summed E-state index contributed by atoms with van der Waals surface area (Å²) in [5, 5.41) is 7.46. The van der Waals surface area contributed by atoms with E-state index in [0.29, 0.717) is 10.8 Å². The highest BCUT2D eigenvalue weighted by Crippen LogP contribution is 2.29. The van der Waals surface area contributed by atoms with E-state index < -0.39 is 17.6 Å². The van der Waals surface area contributed by atoms with E-state index in [2.05, 4.69) is 51.5 Å². The molecule has 1 aromatic carbocycles. The maximum Gasteiger partial charge on any atom is 0.254 e. The van der Waals surface area contributed by atoms with Crippen molar-refractivity contribution in [3.05, 3.63) is 59.0 Å². The normalized spacial score (nSPS) is 17.9. The quantitative estimate of drug-likeness (QED) is 0.487. The Labute approximate surface area is 220 Å². The fourth-order valence-corrected chi connectivity index (χ4v) is 4.89. The second-order valence-electron chi connectivity index (χ2n) is 10.3. The van der Waals surface area contributed by atoms with Gasteiger partial charge in [0.15, 0.2) is 10.9 Å². The molecule has 196 valence electrons. The molecule has 0 aliphatic carbocycles. The molecule has 1 saturated heterocycles. The monoisotopic (exact) mass is 525 g/mol. The van der Waals surface area contributed by atoms with Crippen LogP contribution in [0.1, 0.15) is 50.7 Å². The molecule has 2 atom stereocenters. The lowest BCUT2D eigenvalue weighted by molar-refractivity contribution is -0.115. The minimum atomic E-state index is -0.737. The number of carbonyl (C=O) groups is 2. The SMILES string of the molecule is C[C@@H]1CN(c2cccc(-c3csc(NC(=O)CNC(=O)c4cc(C(C)(C)C)ncc4F)n3)c2)C[C@H](C)O1. The van der Waals surface area contributed by atoms with Crippen LogP contribution >= 0.6 is 11.3 Å². The van der Waals surface area contributed by atoms with E-state index in [1.165, 1.54) is 17.4 Å². The van der Waals surface area contributed by atoms with Gasteiger partial charge in [-0.2, -0.15) is 0 Å². The fourth-order valence-electron chi connectivity index (χ4n) is 4.16. The molecule has 0 saturated carbocycles. The summed E-state index contributed by atoms with van der Waals surface area (Å²) in [7, 11) is 0. The maximum atomic E-state index is 14.2. The number of anilines is 2. The van der Waals surface area contributed by atoms with Crippen LogP contribution in [0.4, 0.5) is 15.2 Å². The lowest BCUT2D eigenvalue weighted by atomic mass is 9.90. The molecule has 0 spiro atoms. The average Bonchev–Trinajstić information content (AvgIpc) is 3.30. The first-order valence-electron chi connectivity index (χ1n) is 12.2. The van der Waals surface area contributed by atoms with Gasteiger partial charge in [-0.1, -0.05) is 32.9 Å². The van der Waals surface area contributed by atoms with Crippen molar-refractivity contribution in [3.63, 3.8) is 0 Å². The van der Waals surface area contributed by atoms with Gasteiger partial charge in [0.25, 0.3) is 5.91 Å². The molecule has 4 rings (SSSR count). The molecule has 0 radical (unpaired) electrons. The lowest BCUT2D eigenvalue weighted by Crippen LogP contribution is -2.45. The summed E-state index contributed by atoms with van der Waals surface area (Å²) in [6.07, 6.45) is 1.34. The zero-order valence-corrected chi connectivity index (χ0v) is 22.5. The predicted octanol–water partition coefficient (Wildman–Crippen LogP) is 4.62. The van der Waals surface area contributed by atoms with Gasteiger partial charge in [0.2, 0.25) is 5.91 Å². The van der Waals surface area contributed by atoms with Crippen molar-refractivity contribution in [2.75, 3.05) is 29.9 Å². The number of ether oxygens (including phenoxy) is 1. The Bertz CT molecular complexity index is 1280. The van der Waals surface area contributed by atoms with Crippen LogP contribution in [0.5, 0.6) is 0 Å². The van der Waals surface area contributed by atoms with E-state index in [4.69, 9.17) is 4.74 Å². The third-order valence-electron chi connectivity index (χ3n) is 5.96. The summed E-state index contributed by atoms with van der Waals surface area (Å²) in [5.74, 6) is -1.87. The molecule has 0 bridgehead atoms. The highest BCUT2D eigenvalue weighted by atomic mass is 32.1.